The number of aryl methyl sites for hydroxylation is 1. The number of carbonyl (C=O) groups is 2. The molecule has 2 aliphatic rings. The molecule has 1 N–H and O–H groups in total. The third-order valence-electron chi connectivity index (χ3n) is 5.46. The molecule has 0 aromatic heterocycles. The van der Waals surface area contributed by atoms with E-state index < -0.39 is 10.0 Å². The van der Waals surface area contributed by atoms with Crippen LogP contribution in [-0.2, 0) is 19.6 Å². The van der Waals surface area contributed by atoms with Gasteiger partial charge in [-0.25, -0.2) is 13.4 Å². The number of amides is 2. The van der Waals surface area contributed by atoms with Gasteiger partial charge in [0.05, 0.1) is 10.6 Å². The summed E-state index contributed by atoms with van der Waals surface area (Å²) in [6.45, 7) is 2.83. The van der Waals surface area contributed by atoms with Gasteiger partial charge < -0.3 is 4.90 Å². The summed E-state index contributed by atoms with van der Waals surface area (Å²) in [6.07, 6.45) is 1.68. The molecular weight excluding hydrogens is 452 g/mol. The number of anilines is 1. The fraction of sp³-hybridized carbons (Fsp3) is 0.273. The molecule has 2 heterocycles. The van der Waals surface area contributed by atoms with Crippen LogP contribution in [0.25, 0.3) is 0 Å². The second-order valence-electron chi connectivity index (χ2n) is 7.65. The lowest BCUT2D eigenvalue weighted by Gasteiger charge is -2.36. The van der Waals surface area contributed by atoms with Crippen LogP contribution in [0.15, 0.2) is 65.2 Å². The Morgan fingerprint density at radius 2 is 1.59 bits per heavy atom. The molecule has 10 heteroatoms. The van der Waals surface area contributed by atoms with Crippen LogP contribution in [0.1, 0.15) is 12.0 Å². The molecule has 0 unspecified atom stereocenters. The molecule has 0 atom stereocenters. The number of sulfonamides is 1. The van der Waals surface area contributed by atoms with Crippen LogP contribution in [0.4, 0.5) is 5.69 Å². The Balaban J connectivity index is 1.41. The van der Waals surface area contributed by atoms with Gasteiger partial charge >= 0.3 is 0 Å². The van der Waals surface area contributed by atoms with Gasteiger partial charge in [0, 0.05) is 37.6 Å². The second-order valence-corrected chi connectivity index (χ2v) is 10.0. The maximum absolute atomic E-state index is 13.0. The molecule has 1 saturated heterocycles. The van der Waals surface area contributed by atoms with E-state index in [1.165, 1.54) is 33.6 Å². The summed E-state index contributed by atoms with van der Waals surface area (Å²) in [7, 11) is -3.65. The highest BCUT2D eigenvalue weighted by atomic mass is 35.5. The predicted octanol–water partition coefficient (Wildman–Crippen LogP) is 2.31. The van der Waals surface area contributed by atoms with Crippen molar-refractivity contribution in [1.29, 1.82) is 0 Å². The standard InChI is InChI=1S/C22H23ClN4O4S/c1-16-2-6-18(7-3-16)27-21(28)11-10-20(24-27)22(29)25-12-14-26(15-13-25)32(30,31)19-8-4-17(23)5-9-19/h2-10,24H,11-15H2,1H3. The van der Waals surface area contributed by atoms with Gasteiger partial charge in [0.15, 0.2) is 0 Å². The SMILES string of the molecule is Cc1ccc(N2NC(C(=O)N3CCN(S(=O)(=O)c4ccc(Cl)cc4)CC3)=CCC2=O)cc1. The second kappa shape index (κ2) is 8.93. The van der Waals surface area contributed by atoms with E-state index >= 15 is 0 Å². The highest BCUT2D eigenvalue weighted by molar-refractivity contribution is 7.89. The molecular formula is C22H23ClN4O4S. The van der Waals surface area contributed by atoms with Gasteiger partial charge in [-0.2, -0.15) is 4.31 Å². The molecule has 2 aliphatic heterocycles. The summed E-state index contributed by atoms with van der Waals surface area (Å²) in [5.74, 6) is -0.428. The van der Waals surface area contributed by atoms with Crippen molar-refractivity contribution in [3.63, 3.8) is 0 Å². The predicted molar refractivity (Wildman–Crippen MR) is 121 cm³/mol. The van der Waals surface area contributed by atoms with E-state index in [0.717, 1.165) is 5.56 Å². The van der Waals surface area contributed by atoms with Crippen LogP contribution in [0.3, 0.4) is 0 Å². The van der Waals surface area contributed by atoms with Gasteiger partial charge in [0.2, 0.25) is 15.9 Å². The number of nitrogens with zero attached hydrogens (tertiary/aromatic N) is 3. The number of hydrogen-bond donors (Lipinski definition) is 1. The number of piperazine rings is 1. The van der Waals surface area contributed by atoms with Crippen molar-refractivity contribution in [1.82, 2.24) is 14.6 Å². The van der Waals surface area contributed by atoms with Crippen LogP contribution < -0.4 is 10.4 Å². The first-order valence-electron chi connectivity index (χ1n) is 10.2. The Hall–Kier alpha value is -2.88. The van der Waals surface area contributed by atoms with Gasteiger partial charge in [-0.05, 0) is 49.4 Å². The number of halogens is 1. The lowest BCUT2D eigenvalue weighted by atomic mass is 10.2. The number of nitrogens with one attached hydrogen (secondary N) is 1. The van der Waals surface area contributed by atoms with Crippen molar-refractivity contribution in [3.05, 3.63) is 70.9 Å². The smallest absolute Gasteiger partial charge is 0.271 e. The summed E-state index contributed by atoms with van der Waals surface area (Å²) in [5.41, 5.74) is 4.94. The minimum atomic E-state index is -3.65. The van der Waals surface area contributed by atoms with Crippen molar-refractivity contribution in [2.75, 3.05) is 31.2 Å². The molecule has 0 saturated carbocycles. The fourth-order valence-corrected chi connectivity index (χ4v) is 5.15. The van der Waals surface area contributed by atoms with E-state index in [4.69, 9.17) is 11.6 Å². The summed E-state index contributed by atoms with van der Waals surface area (Å²) >= 11 is 5.85. The molecule has 0 radical (unpaired) electrons. The summed E-state index contributed by atoms with van der Waals surface area (Å²) in [6, 6.07) is 13.4. The van der Waals surface area contributed by atoms with Crippen molar-refractivity contribution in [2.45, 2.75) is 18.2 Å². The molecule has 32 heavy (non-hydrogen) atoms. The topological polar surface area (TPSA) is 90.0 Å². The maximum Gasteiger partial charge on any atom is 0.271 e. The monoisotopic (exact) mass is 474 g/mol. The highest BCUT2D eigenvalue weighted by Crippen LogP contribution is 2.22. The number of carbonyl (C=O) groups excluding carboxylic acids is 2. The zero-order valence-electron chi connectivity index (χ0n) is 17.5. The van der Waals surface area contributed by atoms with Gasteiger partial charge in [0.25, 0.3) is 5.91 Å². The third-order valence-corrected chi connectivity index (χ3v) is 7.63. The minimum Gasteiger partial charge on any atom is -0.335 e. The Labute approximate surface area is 192 Å². The van der Waals surface area contributed by atoms with Crippen LogP contribution in [-0.4, -0.2) is 55.6 Å². The highest BCUT2D eigenvalue weighted by Gasteiger charge is 2.32. The molecule has 2 aromatic carbocycles. The number of rotatable bonds is 4. The van der Waals surface area contributed by atoms with E-state index in [9.17, 15) is 18.0 Å². The Morgan fingerprint density at radius 3 is 2.22 bits per heavy atom. The zero-order valence-corrected chi connectivity index (χ0v) is 19.1. The van der Waals surface area contributed by atoms with Crippen LogP contribution in [0.5, 0.6) is 0 Å². The van der Waals surface area contributed by atoms with Gasteiger partial charge in [-0.3, -0.25) is 15.0 Å². The molecule has 0 spiro atoms. The van der Waals surface area contributed by atoms with Gasteiger partial charge in [0.1, 0.15) is 5.70 Å². The molecule has 168 valence electrons. The first-order valence-corrected chi connectivity index (χ1v) is 12.0. The molecule has 0 aliphatic carbocycles. The van der Waals surface area contributed by atoms with Gasteiger partial charge in [-0.15, -0.1) is 0 Å². The van der Waals surface area contributed by atoms with Crippen molar-refractivity contribution in [3.8, 4) is 0 Å². The Bertz CT molecular complexity index is 1160. The lowest BCUT2D eigenvalue weighted by molar-refractivity contribution is -0.129. The van der Waals surface area contributed by atoms with E-state index in [-0.39, 0.29) is 49.3 Å². The summed E-state index contributed by atoms with van der Waals surface area (Å²) in [4.78, 5) is 27.1. The number of hydrazine groups is 1. The number of benzene rings is 2. The van der Waals surface area contributed by atoms with E-state index in [1.54, 1.807) is 11.0 Å². The molecule has 8 nitrogen and oxygen atoms in total. The summed E-state index contributed by atoms with van der Waals surface area (Å²) in [5, 5.41) is 1.83. The van der Waals surface area contributed by atoms with Crippen molar-refractivity contribution in [2.24, 2.45) is 0 Å². The van der Waals surface area contributed by atoms with Crippen molar-refractivity contribution >= 4 is 39.1 Å². The largest absolute Gasteiger partial charge is 0.335 e. The quantitative estimate of drug-likeness (QED) is 0.734. The van der Waals surface area contributed by atoms with Crippen molar-refractivity contribution < 1.29 is 18.0 Å². The average Bonchev–Trinajstić information content (AvgIpc) is 2.80. The average molecular weight is 475 g/mol. The molecule has 4 rings (SSSR count). The zero-order chi connectivity index (χ0) is 22.9. The Morgan fingerprint density at radius 1 is 0.969 bits per heavy atom. The minimum absolute atomic E-state index is 0.104. The molecule has 2 aromatic rings. The molecule has 2 amide bonds. The third kappa shape index (κ3) is 4.50. The molecule has 0 bridgehead atoms. The van der Waals surface area contributed by atoms with E-state index in [1.807, 2.05) is 31.2 Å². The molecule has 1 fully saturated rings. The van der Waals surface area contributed by atoms with E-state index in [0.29, 0.717) is 16.4 Å². The lowest BCUT2D eigenvalue weighted by Crippen LogP contribution is -2.54. The van der Waals surface area contributed by atoms with Gasteiger partial charge in [-0.1, -0.05) is 29.3 Å². The van der Waals surface area contributed by atoms with Crippen LogP contribution in [0.2, 0.25) is 5.02 Å². The first kappa shape index (κ1) is 22.3. The fourth-order valence-electron chi connectivity index (χ4n) is 3.60. The number of hydrogen-bond acceptors (Lipinski definition) is 5. The van der Waals surface area contributed by atoms with E-state index in [2.05, 4.69) is 5.43 Å². The van der Waals surface area contributed by atoms with Crippen LogP contribution in [0, 0.1) is 6.92 Å². The first-order chi connectivity index (χ1) is 15.3. The Kier molecular flexibility index (Phi) is 6.23. The normalized spacial score (nSPS) is 17.7. The van der Waals surface area contributed by atoms with Crippen LogP contribution >= 0.6 is 11.6 Å². The summed E-state index contributed by atoms with van der Waals surface area (Å²) < 4.78 is 27.1. The maximum atomic E-state index is 13.0.